The third kappa shape index (κ3) is 9.83. The molecule has 5 atom stereocenters. The van der Waals surface area contributed by atoms with Gasteiger partial charge in [-0.1, -0.05) is 0 Å². The quantitative estimate of drug-likeness (QED) is 0.0709. The van der Waals surface area contributed by atoms with Crippen molar-refractivity contribution in [1.82, 2.24) is 25.9 Å². The van der Waals surface area contributed by atoms with Crippen LogP contribution in [0.3, 0.4) is 0 Å². The SMILES string of the molecule is CC(NC(=O)C(Cc1cnc[nH]1)NC(=O)C(N)CCCN=C(N)N)C(=O)NC(C(=O)O)C(C)O. The summed E-state index contributed by atoms with van der Waals surface area (Å²) in [5.74, 6) is -3.64. The van der Waals surface area contributed by atoms with E-state index in [9.17, 15) is 24.3 Å². The summed E-state index contributed by atoms with van der Waals surface area (Å²) in [5, 5.41) is 25.7. The van der Waals surface area contributed by atoms with Crippen molar-refractivity contribution in [2.24, 2.45) is 22.2 Å². The van der Waals surface area contributed by atoms with Crippen LogP contribution in [0.4, 0.5) is 0 Å². The molecular formula is C19H33N9O6. The van der Waals surface area contributed by atoms with Crippen molar-refractivity contribution in [2.75, 3.05) is 6.54 Å². The van der Waals surface area contributed by atoms with Gasteiger partial charge in [-0.3, -0.25) is 19.4 Å². The summed E-state index contributed by atoms with van der Waals surface area (Å²) >= 11 is 0. The summed E-state index contributed by atoms with van der Waals surface area (Å²) in [6.45, 7) is 2.83. The van der Waals surface area contributed by atoms with Crippen molar-refractivity contribution >= 4 is 29.7 Å². The van der Waals surface area contributed by atoms with E-state index in [0.717, 1.165) is 0 Å². The van der Waals surface area contributed by atoms with Crippen molar-refractivity contribution in [3.63, 3.8) is 0 Å². The van der Waals surface area contributed by atoms with E-state index in [0.29, 0.717) is 12.1 Å². The number of aliphatic hydroxyl groups excluding tert-OH is 1. The van der Waals surface area contributed by atoms with E-state index in [4.69, 9.17) is 22.3 Å². The van der Waals surface area contributed by atoms with E-state index in [-0.39, 0.29) is 25.3 Å². The number of H-pyrrole nitrogens is 1. The fourth-order valence-electron chi connectivity index (χ4n) is 2.80. The highest BCUT2D eigenvalue weighted by Crippen LogP contribution is 2.03. The predicted octanol–water partition coefficient (Wildman–Crippen LogP) is -3.73. The molecule has 0 saturated carbocycles. The van der Waals surface area contributed by atoms with Crippen LogP contribution in [0.1, 0.15) is 32.4 Å². The third-order valence-electron chi connectivity index (χ3n) is 4.71. The molecule has 1 rings (SSSR count). The minimum atomic E-state index is -1.55. The van der Waals surface area contributed by atoms with Gasteiger partial charge in [-0.25, -0.2) is 9.78 Å². The highest BCUT2D eigenvalue weighted by atomic mass is 16.4. The fraction of sp³-hybridized carbons (Fsp3) is 0.579. The van der Waals surface area contributed by atoms with Crippen LogP contribution in [0.2, 0.25) is 0 Å². The average Bonchev–Trinajstić information content (AvgIpc) is 3.26. The van der Waals surface area contributed by atoms with Gasteiger partial charge >= 0.3 is 5.97 Å². The first-order valence-electron chi connectivity index (χ1n) is 10.5. The molecule has 15 nitrogen and oxygen atoms in total. The van der Waals surface area contributed by atoms with Gasteiger partial charge in [0.05, 0.1) is 18.5 Å². The molecule has 0 bridgehead atoms. The van der Waals surface area contributed by atoms with Gasteiger partial charge in [0, 0.05) is 24.9 Å². The third-order valence-corrected chi connectivity index (χ3v) is 4.71. The number of aliphatic carboxylic acids is 1. The lowest BCUT2D eigenvalue weighted by Gasteiger charge is -2.24. The standard InChI is InChI=1S/C19H33N9O6/c1-9(15(30)28-14(10(2)29)18(33)34)26-17(32)13(6-11-7-23-8-25-11)27-16(31)12(20)4-3-5-24-19(21)22/h7-10,12-14,29H,3-6,20H2,1-2H3,(H,23,25)(H,26,32)(H,27,31)(H,28,30)(H,33,34)(H4,21,22,24). The number of hydrogen-bond acceptors (Lipinski definition) is 8. The molecule has 190 valence electrons. The molecule has 0 aliphatic carbocycles. The molecule has 0 spiro atoms. The number of carbonyl (C=O) groups excluding carboxylic acids is 3. The van der Waals surface area contributed by atoms with Crippen molar-refractivity contribution in [3.05, 3.63) is 18.2 Å². The molecule has 5 unspecified atom stereocenters. The van der Waals surface area contributed by atoms with Crippen molar-refractivity contribution in [1.29, 1.82) is 0 Å². The number of amides is 3. The molecule has 1 aromatic heterocycles. The Morgan fingerprint density at radius 2 is 1.79 bits per heavy atom. The maximum atomic E-state index is 12.8. The number of imidazole rings is 1. The lowest BCUT2D eigenvalue weighted by Crippen LogP contribution is -2.58. The molecule has 1 heterocycles. The molecule has 0 aromatic carbocycles. The molecule has 0 saturated heterocycles. The van der Waals surface area contributed by atoms with Crippen LogP contribution in [-0.2, 0) is 25.6 Å². The van der Waals surface area contributed by atoms with E-state index >= 15 is 0 Å². The first-order valence-corrected chi connectivity index (χ1v) is 10.5. The molecule has 34 heavy (non-hydrogen) atoms. The fourth-order valence-corrected chi connectivity index (χ4v) is 2.80. The van der Waals surface area contributed by atoms with Gasteiger partial charge in [0.25, 0.3) is 0 Å². The Bertz CT molecular complexity index is 854. The number of nitrogens with one attached hydrogen (secondary N) is 4. The second-order valence-corrected chi connectivity index (χ2v) is 7.69. The Kier molecular flexibility index (Phi) is 11.4. The molecule has 0 aliphatic heterocycles. The molecule has 12 N–H and O–H groups in total. The van der Waals surface area contributed by atoms with Crippen molar-refractivity contribution in [3.8, 4) is 0 Å². The lowest BCUT2D eigenvalue weighted by molar-refractivity contribution is -0.145. The largest absolute Gasteiger partial charge is 0.480 e. The van der Waals surface area contributed by atoms with E-state index in [1.54, 1.807) is 0 Å². The number of aromatic nitrogens is 2. The van der Waals surface area contributed by atoms with Crippen molar-refractivity contribution in [2.45, 2.75) is 63.4 Å². The Balaban J connectivity index is 2.80. The summed E-state index contributed by atoms with van der Waals surface area (Å²) < 4.78 is 0. The molecule has 15 heteroatoms. The molecule has 0 aliphatic rings. The van der Waals surface area contributed by atoms with Gasteiger partial charge in [0.1, 0.15) is 12.1 Å². The number of carboxylic acids is 1. The maximum Gasteiger partial charge on any atom is 0.328 e. The van der Waals surface area contributed by atoms with Gasteiger partial charge in [-0.05, 0) is 26.7 Å². The van der Waals surface area contributed by atoms with Crippen LogP contribution >= 0.6 is 0 Å². The first kappa shape index (κ1) is 28.3. The highest BCUT2D eigenvalue weighted by molar-refractivity contribution is 5.94. The summed E-state index contributed by atoms with van der Waals surface area (Å²) in [4.78, 5) is 59.3. The van der Waals surface area contributed by atoms with E-state index < -0.39 is 54.0 Å². The van der Waals surface area contributed by atoms with Gasteiger partial charge < -0.3 is 48.3 Å². The summed E-state index contributed by atoms with van der Waals surface area (Å²) in [5.41, 5.74) is 16.9. The maximum absolute atomic E-state index is 12.8. The monoisotopic (exact) mass is 483 g/mol. The van der Waals surface area contributed by atoms with Gasteiger partial charge in [0.2, 0.25) is 17.7 Å². The summed E-state index contributed by atoms with van der Waals surface area (Å²) in [6, 6.07) is -4.76. The van der Waals surface area contributed by atoms with Crippen LogP contribution in [0.5, 0.6) is 0 Å². The number of aromatic amines is 1. The Morgan fingerprint density at radius 3 is 2.32 bits per heavy atom. The molecule has 1 aromatic rings. The van der Waals surface area contributed by atoms with Gasteiger partial charge in [-0.2, -0.15) is 0 Å². The van der Waals surface area contributed by atoms with Crippen LogP contribution in [0.15, 0.2) is 17.5 Å². The zero-order valence-corrected chi connectivity index (χ0v) is 19.0. The van der Waals surface area contributed by atoms with E-state index in [1.165, 1.54) is 26.4 Å². The van der Waals surface area contributed by atoms with E-state index in [1.807, 2.05) is 0 Å². The Hall–Kier alpha value is -3.72. The highest BCUT2D eigenvalue weighted by Gasteiger charge is 2.30. The molecule has 3 amide bonds. The molecule has 0 radical (unpaired) electrons. The second kappa shape index (κ2) is 13.7. The van der Waals surface area contributed by atoms with Crippen LogP contribution in [-0.4, -0.2) is 86.6 Å². The number of nitrogens with zero attached hydrogens (tertiary/aromatic N) is 2. The number of nitrogens with two attached hydrogens (primary N) is 3. The number of hydrogen-bond donors (Lipinski definition) is 9. The number of aliphatic hydroxyl groups is 1. The number of carboxylic acid groups (broad SMARTS) is 1. The topological polar surface area (TPSA) is 264 Å². The number of carbonyl (C=O) groups is 4. The first-order chi connectivity index (χ1) is 15.9. The zero-order valence-electron chi connectivity index (χ0n) is 19.0. The number of rotatable bonds is 14. The normalized spacial score (nSPS) is 15.2. The molecule has 0 fully saturated rings. The van der Waals surface area contributed by atoms with Crippen LogP contribution in [0, 0.1) is 0 Å². The van der Waals surface area contributed by atoms with Crippen molar-refractivity contribution < 1.29 is 29.4 Å². The average molecular weight is 484 g/mol. The second-order valence-electron chi connectivity index (χ2n) is 7.69. The zero-order chi connectivity index (χ0) is 25.8. The predicted molar refractivity (Wildman–Crippen MR) is 121 cm³/mol. The van der Waals surface area contributed by atoms with Gasteiger partial charge in [0.15, 0.2) is 12.0 Å². The van der Waals surface area contributed by atoms with E-state index in [2.05, 4.69) is 30.9 Å². The number of guanidine groups is 1. The Morgan fingerprint density at radius 1 is 1.12 bits per heavy atom. The smallest absolute Gasteiger partial charge is 0.328 e. The summed E-state index contributed by atoms with van der Waals surface area (Å²) in [6.07, 6.45) is 2.24. The number of aliphatic imine (C=N–C) groups is 1. The van der Waals surface area contributed by atoms with Crippen LogP contribution in [0.25, 0.3) is 0 Å². The van der Waals surface area contributed by atoms with Gasteiger partial charge in [-0.15, -0.1) is 0 Å². The minimum absolute atomic E-state index is 0.0259. The summed E-state index contributed by atoms with van der Waals surface area (Å²) in [7, 11) is 0. The minimum Gasteiger partial charge on any atom is -0.480 e. The Labute approximate surface area is 195 Å². The van der Waals surface area contributed by atoms with Crippen LogP contribution < -0.4 is 33.2 Å². The lowest BCUT2D eigenvalue weighted by atomic mass is 10.1. The molecular weight excluding hydrogens is 450 g/mol.